The average molecular weight is 595 g/mol. The Morgan fingerprint density at radius 3 is 1.13 bits per heavy atom. The van der Waals surface area contributed by atoms with Gasteiger partial charge in [-0.3, -0.25) is 9.59 Å². The Balaban J connectivity index is 1.18. The third-order valence-corrected chi connectivity index (χ3v) is 9.35. The Morgan fingerprint density at radius 2 is 0.717 bits per heavy atom. The van der Waals surface area contributed by atoms with Crippen LogP contribution in [-0.4, -0.2) is 12.6 Å². The molecular formula is C44H34O2. The van der Waals surface area contributed by atoms with Gasteiger partial charge in [-0.15, -0.1) is 0 Å². The molecular weight excluding hydrogens is 560 g/mol. The molecule has 0 N–H and O–H groups in total. The summed E-state index contributed by atoms with van der Waals surface area (Å²) in [4.78, 5) is 23.4. The van der Waals surface area contributed by atoms with Crippen molar-refractivity contribution in [3.05, 3.63) is 175 Å². The molecule has 0 aliphatic heterocycles. The molecule has 5 aromatic carbocycles. The molecule has 0 saturated carbocycles. The van der Waals surface area contributed by atoms with E-state index in [0.717, 1.165) is 108 Å². The molecule has 0 heterocycles. The van der Waals surface area contributed by atoms with Crippen molar-refractivity contribution >= 4 is 12.6 Å². The molecule has 0 atom stereocenters. The molecule has 0 saturated heterocycles. The van der Waals surface area contributed by atoms with E-state index < -0.39 is 0 Å². The van der Waals surface area contributed by atoms with Gasteiger partial charge in [0.05, 0.1) is 0 Å². The summed E-state index contributed by atoms with van der Waals surface area (Å²) >= 11 is 0. The van der Waals surface area contributed by atoms with E-state index in [0.29, 0.717) is 0 Å². The zero-order valence-electron chi connectivity index (χ0n) is 25.9. The summed E-state index contributed by atoms with van der Waals surface area (Å²) in [5.74, 6) is 14.0. The number of carbonyl (C=O) groups excluding carboxylic acids is 2. The number of aryl methyl sites for hydroxylation is 8. The van der Waals surface area contributed by atoms with Gasteiger partial charge in [0, 0.05) is 33.4 Å². The lowest BCUT2D eigenvalue weighted by Gasteiger charge is -2.13. The smallest absolute Gasteiger partial charge is 0.150 e. The monoisotopic (exact) mass is 594 g/mol. The van der Waals surface area contributed by atoms with Crippen LogP contribution in [0.1, 0.15) is 87.5 Å². The number of hydrogen-bond donors (Lipinski definition) is 0. The highest BCUT2D eigenvalue weighted by Gasteiger charge is 2.12. The maximum Gasteiger partial charge on any atom is 0.150 e. The molecule has 0 radical (unpaired) electrons. The number of hydrogen-bond acceptors (Lipinski definition) is 2. The zero-order chi connectivity index (χ0) is 31.3. The summed E-state index contributed by atoms with van der Waals surface area (Å²) in [6.45, 7) is 0. The summed E-state index contributed by atoms with van der Waals surface area (Å²) in [6.07, 6.45) is 8.81. The molecule has 222 valence electrons. The molecule has 13 rings (SSSR count). The van der Waals surface area contributed by atoms with E-state index in [1.165, 1.54) is 33.4 Å². The van der Waals surface area contributed by atoms with E-state index in [9.17, 15) is 9.59 Å². The van der Waals surface area contributed by atoms with Gasteiger partial charge in [0.1, 0.15) is 12.6 Å². The summed E-state index contributed by atoms with van der Waals surface area (Å²) in [6, 6.07) is 34.1. The second-order valence-corrected chi connectivity index (χ2v) is 12.3. The van der Waals surface area contributed by atoms with Crippen molar-refractivity contribution in [3.63, 3.8) is 0 Å². The Labute approximate surface area is 271 Å². The highest BCUT2D eigenvalue weighted by atomic mass is 16.1. The maximum atomic E-state index is 11.7. The second-order valence-electron chi connectivity index (χ2n) is 12.3. The van der Waals surface area contributed by atoms with Crippen molar-refractivity contribution in [2.24, 2.45) is 0 Å². The first-order valence-electron chi connectivity index (χ1n) is 16.2. The van der Waals surface area contributed by atoms with Gasteiger partial charge in [-0.05, 0) is 132 Å². The van der Waals surface area contributed by atoms with Crippen LogP contribution in [0.3, 0.4) is 0 Å². The third kappa shape index (κ3) is 6.49. The molecule has 8 aliphatic rings. The van der Waals surface area contributed by atoms with Gasteiger partial charge in [0.25, 0.3) is 0 Å². The van der Waals surface area contributed by atoms with Crippen molar-refractivity contribution in [2.75, 3.05) is 0 Å². The lowest BCUT2D eigenvalue weighted by Crippen LogP contribution is -2.03. The van der Waals surface area contributed by atoms with Gasteiger partial charge >= 0.3 is 0 Å². The molecule has 0 aromatic heterocycles. The van der Waals surface area contributed by atoms with Gasteiger partial charge in [-0.1, -0.05) is 84.3 Å². The fourth-order valence-electron chi connectivity index (χ4n) is 6.59. The van der Waals surface area contributed by atoms with Gasteiger partial charge in [0.2, 0.25) is 0 Å². The first-order chi connectivity index (χ1) is 22.6. The molecule has 0 fully saturated rings. The first kappa shape index (κ1) is 29.3. The zero-order valence-corrected chi connectivity index (χ0v) is 25.9. The Bertz CT molecular complexity index is 1960. The predicted octanol–water partition coefficient (Wildman–Crippen LogP) is 7.88. The van der Waals surface area contributed by atoms with Gasteiger partial charge in [0.15, 0.2) is 0 Å². The van der Waals surface area contributed by atoms with Crippen LogP contribution in [-0.2, 0) is 51.4 Å². The lowest BCUT2D eigenvalue weighted by molar-refractivity contribution is 0.111. The molecule has 8 aliphatic carbocycles. The van der Waals surface area contributed by atoms with E-state index in [-0.39, 0.29) is 0 Å². The molecule has 0 spiro atoms. The molecule has 5 aromatic rings. The summed E-state index contributed by atoms with van der Waals surface area (Å²) in [5.41, 5.74) is 15.1. The third-order valence-electron chi connectivity index (χ3n) is 9.35. The number of aldehydes is 2. The van der Waals surface area contributed by atoms with Crippen LogP contribution in [0.5, 0.6) is 0 Å². The van der Waals surface area contributed by atoms with E-state index in [2.05, 4.69) is 96.5 Å². The first-order valence-corrected chi connectivity index (χ1v) is 16.2. The molecule has 2 nitrogen and oxygen atoms in total. The van der Waals surface area contributed by atoms with Crippen molar-refractivity contribution < 1.29 is 9.59 Å². The predicted molar refractivity (Wildman–Crippen MR) is 185 cm³/mol. The number of benzene rings is 5. The van der Waals surface area contributed by atoms with Crippen molar-refractivity contribution in [1.82, 2.24) is 0 Å². The normalized spacial score (nSPS) is 13.2. The molecule has 2 heteroatoms. The highest BCUT2D eigenvalue weighted by Crippen LogP contribution is 2.23. The number of rotatable bonds is 2. The Morgan fingerprint density at radius 1 is 0.370 bits per heavy atom. The van der Waals surface area contributed by atoms with Crippen LogP contribution in [0.25, 0.3) is 0 Å². The fraction of sp³-hybridized carbons (Fsp3) is 0.182. The molecule has 46 heavy (non-hydrogen) atoms. The minimum atomic E-state index is 0.811. The van der Waals surface area contributed by atoms with Gasteiger partial charge in [-0.25, -0.2) is 0 Å². The van der Waals surface area contributed by atoms with Crippen LogP contribution in [0.15, 0.2) is 97.1 Å². The average Bonchev–Trinajstić information content (AvgIpc) is 3.09. The lowest BCUT2D eigenvalue weighted by atomic mass is 9.91. The largest absolute Gasteiger partial charge is 0.298 e. The minimum Gasteiger partial charge on any atom is -0.298 e. The Hall–Kier alpha value is -5.44. The van der Waals surface area contributed by atoms with E-state index in [4.69, 9.17) is 0 Å². The van der Waals surface area contributed by atoms with Gasteiger partial charge in [-0.2, -0.15) is 0 Å². The van der Waals surface area contributed by atoms with Crippen LogP contribution >= 0.6 is 0 Å². The van der Waals surface area contributed by atoms with Crippen molar-refractivity contribution in [1.29, 1.82) is 0 Å². The van der Waals surface area contributed by atoms with E-state index >= 15 is 0 Å². The summed E-state index contributed by atoms with van der Waals surface area (Å²) in [5, 5.41) is 0. The number of carbonyl (C=O) groups is 2. The van der Waals surface area contributed by atoms with E-state index in [1.807, 2.05) is 24.3 Å². The minimum absolute atomic E-state index is 0.811. The van der Waals surface area contributed by atoms with Crippen LogP contribution in [0.2, 0.25) is 0 Å². The van der Waals surface area contributed by atoms with Crippen molar-refractivity contribution in [3.8, 4) is 23.7 Å². The molecule has 0 unspecified atom stereocenters. The topological polar surface area (TPSA) is 34.1 Å². The quantitative estimate of drug-likeness (QED) is 0.154. The van der Waals surface area contributed by atoms with Crippen molar-refractivity contribution in [2.45, 2.75) is 51.4 Å². The SMILES string of the molecule is O=Cc1cc2ccc1CCc1ccc(c(C#Cc3ccccc3C#Cc3cc4ccc3CCc3ccc(c(C=O)c3)CC4)c1)CC2. The van der Waals surface area contributed by atoms with Gasteiger partial charge < -0.3 is 0 Å². The summed E-state index contributed by atoms with van der Waals surface area (Å²) in [7, 11) is 0. The van der Waals surface area contributed by atoms with Crippen LogP contribution < -0.4 is 0 Å². The fourth-order valence-corrected chi connectivity index (χ4v) is 6.59. The highest BCUT2D eigenvalue weighted by molar-refractivity contribution is 5.78. The van der Waals surface area contributed by atoms with Crippen LogP contribution in [0.4, 0.5) is 0 Å². The summed E-state index contributed by atoms with van der Waals surface area (Å²) < 4.78 is 0. The second kappa shape index (κ2) is 13.3. The standard InChI is InChI=1S/C44H34O2/c45-29-43-27-33-7-15-37-13-5-31(9-17-39(43)19-11-33)25-41(37)23-21-35-3-1-2-4-36(35)22-24-42-26-32-6-14-38(42)16-8-34-12-20-40(18-10-32)44(28-34)30-46/h1-6,11-14,19-20,25-30H,7-10,15-18H2. The molecule has 8 bridgehead atoms. The van der Waals surface area contributed by atoms with Crippen LogP contribution in [0, 0.1) is 23.7 Å². The Kier molecular flexibility index (Phi) is 8.45. The molecule has 0 amide bonds. The maximum absolute atomic E-state index is 11.7. The van der Waals surface area contributed by atoms with E-state index in [1.54, 1.807) is 0 Å².